The molecule has 0 aliphatic rings. The molecular formula is C21H22N3O4Rh-. The van der Waals surface area contributed by atoms with Crippen LogP contribution in [-0.2, 0) is 32.6 Å². The molecule has 0 aliphatic heterocycles. The normalized spacial score (nSPS) is 9.62. The van der Waals surface area contributed by atoms with Crippen LogP contribution in [0.15, 0.2) is 54.9 Å². The van der Waals surface area contributed by atoms with Gasteiger partial charge in [-0.2, -0.15) is 0 Å². The molecule has 0 unspecified atom stereocenters. The Hall–Kier alpha value is -2.67. The molecular weight excluding hydrogens is 461 g/mol. The number of nitrogens with one attached hydrogen (secondary N) is 1. The molecule has 0 saturated carbocycles. The Labute approximate surface area is 182 Å². The van der Waals surface area contributed by atoms with Gasteiger partial charge in [-0.05, 0) is 36.5 Å². The predicted octanol–water partition coefficient (Wildman–Crippen LogP) is 2.55. The largest absolute Gasteiger partial charge is 0.540 e. The second-order valence-corrected chi connectivity index (χ2v) is 5.70. The second-order valence-electron chi connectivity index (χ2n) is 5.70. The van der Waals surface area contributed by atoms with Crippen LogP contribution in [0.1, 0.15) is 21.6 Å². The van der Waals surface area contributed by atoms with Crippen molar-refractivity contribution in [2.45, 2.75) is 13.2 Å². The van der Waals surface area contributed by atoms with Crippen molar-refractivity contribution in [2.75, 3.05) is 14.2 Å². The molecule has 3 N–H and O–H groups in total. The van der Waals surface area contributed by atoms with E-state index in [1.54, 1.807) is 37.6 Å². The van der Waals surface area contributed by atoms with E-state index in [4.69, 9.17) is 9.84 Å². The fourth-order valence-electron chi connectivity index (χ4n) is 2.42. The van der Waals surface area contributed by atoms with Crippen LogP contribution in [-0.4, -0.2) is 40.3 Å². The Bertz CT molecular complexity index is 907. The summed E-state index contributed by atoms with van der Waals surface area (Å²) in [5, 5.41) is 20.9. The number of benzene rings is 1. The molecule has 8 heteroatoms. The van der Waals surface area contributed by atoms with Crippen molar-refractivity contribution in [3.8, 4) is 17.0 Å². The number of methoxy groups -OCH3 is 1. The van der Waals surface area contributed by atoms with Gasteiger partial charge in [-0.1, -0.05) is 23.8 Å². The zero-order valence-electron chi connectivity index (χ0n) is 16.0. The van der Waals surface area contributed by atoms with Gasteiger partial charge in [0.1, 0.15) is 5.69 Å². The van der Waals surface area contributed by atoms with Gasteiger partial charge < -0.3 is 25.3 Å². The SMILES string of the molecule is CNCc1ccnc(-c2[c-]cc(OC)cc2CO)c1.O=C(O)c1ccccn1.[Rh]. The smallest absolute Gasteiger partial charge is 0.354 e. The molecule has 2 aromatic heterocycles. The van der Waals surface area contributed by atoms with E-state index in [1.165, 1.54) is 12.3 Å². The molecule has 2 heterocycles. The monoisotopic (exact) mass is 483 g/mol. The Morgan fingerprint density at radius 3 is 2.55 bits per heavy atom. The Morgan fingerprint density at radius 2 is 2.00 bits per heavy atom. The minimum atomic E-state index is -0.990. The van der Waals surface area contributed by atoms with Crippen molar-refractivity contribution in [1.29, 1.82) is 0 Å². The first-order valence-electron chi connectivity index (χ1n) is 8.52. The van der Waals surface area contributed by atoms with Crippen LogP contribution in [0, 0.1) is 6.07 Å². The molecule has 29 heavy (non-hydrogen) atoms. The van der Waals surface area contributed by atoms with Gasteiger partial charge in [-0.25, -0.2) is 9.78 Å². The number of nitrogens with zero attached hydrogens (tertiary/aromatic N) is 2. The first-order valence-corrected chi connectivity index (χ1v) is 8.52. The number of aromatic carboxylic acids is 1. The maximum atomic E-state index is 10.1. The van der Waals surface area contributed by atoms with Gasteiger partial charge >= 0.3 is 5.97 Å². The molecule has 0 bridgehead atoms. The number of pyridine rings is 2. The average Bonchev–Trinajstić information content (AvgIpc) is 2.74. The van der Waals surface area contributed by atoms with Gasteiger partial charge in [0, 0.05) is 50.8 Å². The summed E-state index contributed by atoms with van der Waals surface area (Å²) in [6.45, 7) is 0.709. The van der Waals surface area contributed by atoms with Crippen molar-refractivity contribution < 1.29 is 39.2 Å². The van der Waals surface area contributed by atoms with E-state index in [2.05, 4.69) is 21.4 Å². The van der Waals surface area contributed by atoms with Crippen LogP contribution in [0.5, 0.6) is 5.75 Å². The van der Waals surface area contributed by atoms with Crippen molar-refractivity contribution in [1.82, 2.24) is 15.3 Å². The van der Waals surface area contributed by atoms with Gasteiger partial charge in [0.2, 0.25) is 0 Å². The Morgan fingerprint density at radius 1 is 1.21 bits per heavy atom. The zero-order chi connectivity index (χ0) is 20.4. The van der Waals surface area contributed by atoms with E-state index in [-0.39, 0.29) is 31.8 Å². The zero-order valence-corrected chi connectivity index (χ0v) is 17.7. The Balaban J connectivity index is 0.000000355. The minimum absolute atomic E-state index is 0. The molecule has 0 spiro atoms. The molecule has 155 valence electrons. The molecule has 0 atom stereocenters. The summed E-state index contributed by atoms with van der Waals surface area (Å²) >= 11 is 0. The van der Waals surface area contributed by atoms with Crippen molar-refractivity contribution in [2.24, 2.45) is 0 Å². The fraction of sp³-hybridized carbons (Fsp3) is 0.190. The summed E-state index contributed by atoms with van der Waals surface area (Å²) in [5.74, 6) is -0.310. The van der Waals surface area contributed by atoms with E-state index < -0.39 is 5.97 Å². The Kier molecular flexibility index (Phi) is 10.7. The third-order valence-electron chi connectivity index (χ3n) is 3.75. The molecule has 0 amide bonds. The van der Waals surface area contributed by atoms with Gasteiger partial charge in [0.25, 0.3) is 0 Å². The quantitative estimate of drug-likeness (QED) is 0.366. The molecule has 3 aromatic rings. The average molecular weight is 483 g/mol. The molecule has 3 rings (SSSR count). The van der Waals surface area contributed by atoms with E-state index in [9.17, 15) is 9.90 Å². The summed E-state index contributed by atoms with van der Waals surface area (Å²) < 4.78 is 5.14. The van der Waals surface area contributed by atoms with Crippen LogP contribution in [0.3, 0.4) is 0 Å². The number of aromatic nitrogens is 2. The van der Waals surface area contributed by atoms with Crippen LogP contribution in [0.25, 0.3) is 11.3 Å². The summed E-state index contributed by atoms with van der Waals surface area (Å²) in [7, 11) is 3.49. The van der Waals surface area contributed by atoms with Gasteiger partial charge in [0.15, 0.2) is 0 Å². The summed E-state index contributed by atoms with van der Waals surface area (Å²) in [5.41, 5.74) is 3.59. The second kappa shape index (κ2) is 12.7. The fourth-order valence-corrected chi connectivity index (χ4v) is 2.42. The standard InChI is InChI=1S/C15H17N2O2.C6H5NO2.Rh/c1-16-9-11-5-6-17-15(7-11)14-4-3-13(19-2)8-12(14)10-18;8-6(9)5-3-1-2-4-7-5;/h3,5-8,16,18H,9-10H2,1-2H3;1-4H,(H,8,9);/q-1;;. The summed E-state index contributed by atoms with van der Waals surface area (Å²) in [6, 6.07) is 15.4. The third kappa shape index (κ3) is 7.35. The molecule has 1 radical (unpaired) electrons. The molecule has 7 nitrogen and oxygen atoms in total. The molecule has 0 aliphatic carbocycles. The van der Waals surface area contributed by atoms with Gasteiger partial charge in [-0.15, -0.1) is 17.7 Å². The maximum absolute atomic E-state index is 10.1. The van der Waals surface area contributed by atoms with Gasteiger partial charge in [-0.3, -0.25) is 0 Å². The maximum Gasteiger partial charge on any atom is 0.354 e. The minimum Gasteiger partial charge on any atom is -0.540 e. The first-order chi connectivity index (χ1) is 13.6. The summed E-state index contributed by atoms with van der Waals surface area (Å²) in [6.07, 6.45) is 3.21. The number of carboxylic acid groups (broad SMARTS) is 1. The van der Waals surface area contributed by atoms with Gasteiger partial charge in [0.05, 0.1) is 7.11 Å². The topological polar surface area (TPSA) is 105 Å². The van der Waals surface area contributed by atoms with Crippen molar-refractivity contribution >= 4 is 5.97 Å². The number of aliphatic hydroxyl groups is 1. The van der Waals surface area contributed by atoms with Crippen LogP contribution in [0.2, 0.25) is 0 Å². The van der Waals surface area contributed by atoms with Crippen LogP contribution < -0.4 is 10.1 Å². The first kappa shape index (κ1) is 24.4. The third-order valence-corrected chi connectivity index (χ3v) is 3.75. The van der Waals surface area contributed by atoms with Crippen molar-refractivity contribution in [3.63, 3.8) is 0 Å². The molecule has 0 saturated heterocycles. The number of rotatable bonds is 6. The van der Waals surface area contributed by atoms with E-state index >= 15 is 0 Å². The number of aliphatic hydroxyl groups excluding tert-OH is 1. The number of ether oxygens (including phenoxy) is 1. The van der Waals surface area contributed by atoms with E-state index in [0.717, 1.165) is 28.9 Å². The number of hydrogen-bond donors (Lipinski definition) is 3. The molecule has 0 fully saturated rings. The number of carbonyl (C=O) groups is 1. The van der Waals surface area contributed by atoms with Crippen molar-refractivity contribution in [3.05, 3.63) is 77.7 Å². The van der Waals surface area contributed by atoms with Crippen LogP contribution in [0.4, 0.5) is 0 Å². The predicted molar refractivity (Wildman–Crippen MR) is 105 cm³/mol. The van der Waals surface area contributed by atoms with E-state index in [0.29, 0.717) is 5.75 Å². The number of hydrogen-bond acceptors (Lipinski definition) is 6. The number of carboxylic acids is 1. The summed E-state index contributed by atoms with van der Waals surface area (Å²) in [4.78, 5) is 18.1. The molecule has 1 aromatic carbocycles. The van der Waals surface area contributed by atoms with E-state index in [1.807, 2.05) is 19.2 Å². The van der Waals surface area contributed by atoms with Crippen LogP contribution >= 0.6 is 0 Å².